The third-order valence-electron chi connectivity index (χ3n) is 6.54. The number of aliphatic hydroxyl groups excluding tert-OH is 1. The number of aliphatic hydroxyl groups is 1. The van der Waals surface area contributed by atoms with Crippen LogP contribution in [0.3, 0.4) is 0 Å². The monoisotopic (exact) mass is 370 g/mol. The molecule has 0 spiro atoms. The molecule has 0 saturated carbocycles. The summed E-state index contributed by atoms with van der Waals surface area (Å²) in [5.41, 5.74) is 2.62. The Hall–Kier alpha value is -1.40. The maximum Gasteiger partial charge on any atom is 0.0454 e. The topological polar surface area (TPSA) is 45.7 Å². The minimum atomic E-state index is 0.316. The van der Waals surface area contributed by atoms with Gasteiger partial charge in [0.15, 0.2) is 0 Å². The van der Waals surface area contributed by atoms with Crippen LogP contribution in [0.2, 0.25) is 0 Å². The van der Waals surface area contributed by atoms with E-state index >= 15 is 0 Å². The number of fused-ring (bicyclic) bond motifs is 1. The van der Waals surface area contributed by atoms with E-state index in [2.05, 4.69) is 51.0 Å². The number of piperidine rings is 1. The summed E-state index contributed by atoms with van der Waals surface area (Å²) in [6.07, 6.45) is 5.34. The Balaban J connectivity index is 1.40. The molecular formula is C22H34N4O. The van der Waals surface area contributed by atoms with Crippen molar-refractivity contribution in [3.8, 4) is 0 Å². The minimum Gasteiger partial charge on any atom is -0.396 e. The number of rotatable bonds is 6. The summed E-state index contributed by atoms with van der Waals surface area (Å²) < 4.78 is 0. The fourth-order valence-electron chi connectivity index (χ4n) is 4.97. The number of H-pyrrole nitrogens is 1. The first-order valence-electron chi connectivity index (χ1n) is 10.5. The van der Waals surface area contributed by atoms with E-state index in [4.69, 9.17) is 0 Å². The van der Waals surface area contributed by atoms with E-state index in [1.54, 1.807) is 0 Å². The summed E-state index contributed by atoms with van der Waals surface area (Å²) in [4.78, 5) is 11.1. The second-order valence-corrected chi connectivity index (χ2v) is 8.46. The van der Waals surface area contributed by atoms with Crippen molar-refractivity contribution in [2.24, 2.45) is 5.92 Å². The molecule has 2 N–H and O–H groups in total. The molecule has 0 bridgehead atoms. The second kappa shape index (κ2) is 8.74. The third kappa shape index (κ3) is 4.54. The van der Waals surface area contributed by atoms with Crippen molar-refractivity contribution in [1.29, 1.82) is 0 Å². The molecule has 0 amide bonds. The number of nitrogens with one attached hydrogen (secondary N) is 1. The van der Waals surface area contributed by atoms with E-state index in [0.29, 0.717) is 18.6 Å². The van der Waals surface area contributed by atoms with E-state index in [9.17, 15) is 5.11 Å². The highest BCUT2D eigenvalue weighted by Crippen LogP contribution is 2.28. The number of likely N-dealkylation sites (N-methyl/N-ethyl adjacent to an activating group) is 1. The molecule has 5 nitrogen and oxygen atoms in total. The average Bonchev–Trinajstić information content (AvgIpc) is 3.15. The number of aromatic nitrogens is 1. The molecule has 0 unspecified atom stereocenters. The van der Waals surface area contributed by atoms with Crippen molar-refractivity contribution in [1.82, 2.24) is 19.7 Å². The lowest BCUT2D eigenvalue weighted by atomic mass is 9.86. The molecule has 2 fully saturated rings. The molecule has 2 saturated heterocycles. The highest BCUT2D eigenvalue weighted by Gasteiger charge is 2.33. The zero-order valence-corrected chi connectivity index (χ0v) is 16.6. The van der Waals surface area contributed by atoms with Gasteiger partial charge in [0, 0.05) is 63.6 Å². The standard InChI is InChI=1S/C22H34N4O/c1-24-10-12-26(13-11-24)22-7-9-25(17-20(22)3-2-14-27)16-18-4-5-21-19(15-18)6-8-23-21/h4-6,8,15,20,22-23,27H,2-3,7,9-14,16-17H2,1H3/t20-,22+/m1/s1. The number of nitrogens with zero attached hydrogens (tertiary/aromatic N) is 3. The SMILES string of the molecule is CN1CCN([C@H]2CCN(Cc3ccc4[nH]ccc4c3)C[C@H]2CCCO)CC1. The predicted molar refractivity (Wildman–Crippen MR) is 111 cm³/mol. The maximum absolute atomic E-state index is 9.37. The zero-order chi connectivity index (χ0) is 18.6. The quantitative estimate of drug-likeness (QED) is 0.820. The van der Waals surface area contributed by atoms with Crippen LogP contribution in [0.15, 0.2) is 30.5 Å². The summed E-state index contributed by atoms with van der Waals surface area (Å²) in [7, 11) is 2.23. The largest absolute Gasteiger partial charge is 0.396 e. The van der Waals surface area contributed by atoms with Gasteiger partial charge in [0.05, 0.1) is 0 Å². The van der Waals surface area contributed by atoms with Crippen LogP contribution in [0.1, 0.15) is 24.8 Å². The van der Waals surface area contributed by atoms with Gasteiger partial charge in [-0.25, -0.2) is 0 Å². The zero-order valence-electron chi connectivity index (χ0n) is 16.6. The summed E-state index contributed by atoms with van der Waals surface area (Å²) in [5.74, 6) is 0.672. The van der Waals surface area contributed by atoms with E-state index in [-0.39, 0.29) is 0 Å². The number of benzene rings is 1. The summed E-state index contributed by atoms with van der Waals surface area (Å²) in [6.45, 7) is 8.44. The van der Waals surface area contributed by atoms with Crippen molar-refractivity contribution >= 4 is 10.9 Å². The van der Waals surface area contributed by atoms with Crippen LogP contribution in [0.25, 0.3) is 10.9 Å². The Morgan fingerprint density at radius 2 is 1.96 bits per heavy atom. The van der Waals surface area contributed by atoms with Gasteiger partial charge in [-0.05, 0) is 67.9 Å². The fraction of sp³-hybridized carbons (Fsp3) is 0.636. The number of hydrogen-bond acceptors (Lipinski definition) is 4. The number of hydrogen-bond donors (Lipinski definition) is 2. The van der Waals surface area contributed by atoms with Crippen LogP contribution < -0.4 is 0 Å². The third-order valence-corrected chi connectivity index (χ3v) is 6.54. The molecule has 2 aliphatic heterocycles. The molecule has 2 aliphatic rings. The van der Waals surface area contributed by atoms with Crippen molar-refractivity contribution in [3.63, 3.8) is 0 Å². The molecule has 2 atom stereocenters. The van der Waals surface area contributed by atoms with Crippen LogP contribution in [0.5, 0.6) is 0 Å². The highest BCUT2D eigenvalue weighted by molar-refractivity contribution is 5.79. The van der Waals surface area contributed by atoms with E-state index in [1.807, 2.05) is 6.20 Å². The summed E-state index contributed by atoms with van der Waals surface area (Å²) in [6, 6.07) is 9.62. The van der Waals surface area contributed by atoms with Gasteiger partial charge in [-0.3, -0.25) is 9.80 Å². The molecule has 0 aliphatic carbocycles. The predicted octanol–water partition coefficient (Wildman–Crippen LogP) is 2.38. The van der Waals surface area contributed by atoms with Gasteiger partial charge in [-0.1, -0.05) is 6.07 Å². The van der Waals surface area contributed by atoms with Gasteiger partial charge in [0.25, 0.3) is 0 Å². The highest BCUT2D eigenvalue weighted by atomic mass is 16.2. The van der Waals surface area contributed by atoms with E-state index in [1.165, 1.54) is 55.6 Å². The van der Waals surface area contributed by atoms with Crippen molar-refractivity contribution < 1.29 is 5.11 Å². The first-order chi connectivity index (χ1) is 13.2. The lowest BCUT2D eigenvalue weighted by Gasteiger charge is -2.46. The molecular weight excluding hydrogens is 336 g/mol. The Morgan fingerprint density at radius 1 is 1.11 bits per heavy atom. The molecule has 3 heterocycles. The van der Waals surface area contributed by atoms with Crippen LogP contribution in [-0.4, -0.2) is 83.8 Å². The van der Waals surface area contributed by atoms with Gasteiger partial charge in [0.1, 0.15) is 0 Å². The fourth-order valence-corrected chi connectivity index (χ4v) is 4.97. The van der Waals surface area contributed by atoms with Crippen LogP contribution in [-0.2, 0) is 6.54 Å². The van der Waals surface area contributed by atoms with Crippen LogP contribution in [0, 0.1) is 5.92 Å². The Kier molecular flexibility index (Phi) is 6.13. The maximum atomic E-state index is 9.37. The van der Waals surface area contributed by atoms with Crippen molar-refractivity contribution in [3.05, 3.63) is 36.0 Å². The van der Waals surface area contributed by atoms with Gasteiger partial charge in [-0.2, -0.15) is 0 Å². The number of likely N-dealkylation sites (tertiary alicyclic amines) is 1. The molecule has 0 radical (unpaired) electrons. The molecule has 1 aromatic heterocycles. The smallest absolute Gasteiger partial charge is 0.0454 e. The Morgan fingerprint density at radius 3 is 2.78 bits per heavy atom. The summed E-state index contributed by atoms with van der Waals surface area (Å²) >= 11 is 0. The Labute approximate surface area is 162 Å². The lowest BCUT2D eigenvalue weighted by molar-refractivity contribution is 0.0212. The molecule has 148 valence electrons. The van der Waals surface area contributed by atoms with Gasteiger partial charge in [0.2, 0.25) is 0 Å². The van der Waals surface area contributed by atoms with Crippen LogP contribution >= 0.6 is 0 Å². The van der Waals surface area contributed by atoms with Crippen LogP contribution in [0.4, 0.5) is 0 Å². The summed E-state index contributed by atoms with van der Waals surface area (Å²) in [5, 5.41) is 10.7. The van der Waals surface area contributed by atoms with Gasteiger partial charge < -0.3 is 15.0 Å². The number of piperazine rings is 1. The van der Waals surface area contributed by atoms with Gasteiger partial charge in [-0.15, -0.1) is 0 Å². The van der Waals surface area contributed by atoms with Crippen molar-refractivity contribution in [2.75, 3.05) is 52.9 Å². The molecule has 27 heavy (non-hydrogen) atoms. The van der Waals surface area contributed by atoms with Crippen molar-refractivity contribution in [2.45, 2.75) is 31.8 Å². The molecule has 5 heteroatoms. The van der Waals surface area contributed by atoms with Gasteiger partial charge >= 0.3 is 0 Å². The van der Waals surface area contributed by atoms with E-state index < -0.39 is 0 Å². The minimum absolute atomic E-state index is 0.316. The molecule has 2 aromatic rings. The normalized spacial score (nSPS) is 26.0. The molecule has 4 rings (SSSR count). The Bertz CT molecular complexity index is 722. The van der Waals surface area contributed by atoms with E-state index in [0.717, 1.165) is 25.9 Å². The number of aromatic amines is 1. The average molecular weight is 371 g/mol. The second-order valence-electron chi connectivity index (χ2n) is 8.46. The first-order valence-corrected chi connectivity index (χ1v) is 10.5. The first kappa shape index (κ1) is 18.9. The lowest BCUT2D eigenvalue weighted by Crippen LogP contribution is -2.56. The molecule has 1 aromatic carbocycles.